The van der Waals surface area contributed by atoms with Crippen LogP contribution in [0.4, 0.5) is 9.59 Å². The van der Waals surface area contributed by atoms with Crippen molar-refractivity contribution in [3.8, 4) is 0 Å². The van der Waals surface area contributed by atoms with Gasteiger partial charge in [0.2, 0.25) is 30.6 Å². The van der Waals surface area contributed by atoms with E-state index in [-0.39, 0.29) is 0 Å². The van der Waals surface area contributed by atoms with E-state index in [1.54, 1.807) is 0 Å². The van der Waals surface area contributed by atoms with E-state index in [2.05, 4.69) is 4.12 Å². The monoisotopic (exact) mass is 164 g/mol. The lowest BCUT2D eigenvalue weighted by molar-refractivity contribution is 0.262. The summed E-state index contributed by atoms with van der Waals surface area (Å²) in [5.74, 6) is 0. The number of carbonyl (C=O) groups excluding carboxylic acids is 2. The van der Waals surface area contributed by atoms with Crippen LogP contribution in [0.5, 0.6) is 0 Å². The van der Waals surface area contributed by atoms with Crippen molar-refractivity contribution in [2.75, 3.05) is 0 Å². The fourth-order valence-corrected chi connectivity index (χ4v) is 2.27. The second-order valence-electron chi connectivity index (χ2n) is 1.43. The van der Waals surface area contributed by atoms with E-state index < -0.39 is 30.6 Å². The minimum atomic E-state index is -1.30. The standard InChI is InChI=1S/C2H8N2O3Si2/c3-1(5)8-7-9-2(4)6/h8-9H2,(H2,3,5)(H2,4,6). The van der Waals surface area contributed by atoms with Crippen LogP contribution in [-0.2, 0) is 4.12 Å². The Hall–Kier alpha value is -0.666. The van der Waals surface area contributed by atoms with Crippen LogP contribution in [0.3, 0.4) is 0 Å². The van der Waals surface area contributed by atoms with Crippen LogP contribution in [0, 0.1) is 0 Å². The predicted molar refractivity (Wildman–Crippen MR) is 37.3 cm³/mol. The first-order valence-corrected chi connectivity index (χ1v) is 4.84. The molecule has 5 nitrogen and oxygen atoms in total. The molecule has 0 heterocycles. The largest absolute Gasteiger partial charge is 0.451 e. The number of nitrogens with two attached hydrogens (primary N) is 2. The zero-order chi connectivity index (χ0) is 7.28. The molecule has 7 heteroatoms. The summed E-state index contributed by atoms with van der Waals surface area (Å²) in [7, 11) is -2.59. The van der Waals surface area contributed by atoms with Crippen molar-refractivity contribution in [2.45, 2.75) is 0 Å². The highest BCUT2D eigenvalue weighted by Gasteiger charge is 1.98. The zero-order valence-electron chi connectivity index (χ0n) is 4.79. The van der Waals surface area contributed by atoms with Gasteiger partial charge in [-0.25, -0.2) is 0 Å². The van der Waals surface area contributed by atoms with Crippen LogP contribution in [0.15, 0.2) is 0 Å². The van der Waals surface area contributed by atoms with E-state index in [1.165, 1.54) is 0 Å². The molecule has 0 aromatic rings. The fraction of sp³-hybridized carbons (Fsp3) is 0. The van der Waals surface area contributed by atoms with Crippen LogP contribution in [-0.4, -0.2) is 30.6 Å². The van der Waals surface area contributed by atoms with Crippen LogP contribution in [0.25, 0.3) is 0 Å². The van der Waals surface area contributed by atoms with Gasteiger partial charge in [-0.15, -0.1) is 0 Å². The van der Waals surface area contributed by atoms with Gasteiger partial charge in [-0.3, -0.25) is 9.59 Å². The second-order valence-corrected chi connectivity index (χ2v) is 5.03. The second kappa shape index (κ2) is 4.24. The number of rotatable bonds is 4. The van der Waals surface area contributed by atoms with Gasteiger partial charge in [-0.1, -0.05) is 0 Å². The van der Waals surface area contributed by atoms with Crippen molar-refractivity contribution in [1.82, 2.24) is 0 Å². The molecule has 4 N–H and O–H groups in total. The van der Waals surface area contributed by atoms with Gasteiger partial charge in [0, 0.05) is 0 Å². The molecule has 0 bridgehead atoms. The van der Waals surface area contributed by atoms with Crippen molar-refractivity contribution in [1.29, 1.82) is 0 Å². The molecule has 0 radical (unpaired) electrons. The minimum Gasteiger partial charge on any atom is -0.451 e. The summed E-state index contributed by atoms with van der Waals surface area (Å²) in [5, 5.41) is 0. The lowest BCUT2D eigenvalue weighted by atomic mass is 11.4. The van der Waals surface area contributed by atoms with E-state index in [0.29, 0.717) is 0 Å². The van der Waals surface area contributed by atoms with Crippen molar-refractivity contribution >= 4 is 30.6 Å². The topological polar surface area (TPSA) is 95.4 Å². The summed E-state index contributed by atoms with van der Waals surface area (Å²) in [6.07, 6.45) is 0. The minimum absolute atomic E-state index is 0.441. The summed E-state index contributed by atoms with van der Waals surface area (Å²) in [4.78, 5) is 20.0. The molecule has 0 aromatic heterocycles. The Morgan fingerprint density at radius 3 is 1.67 bits per heavy atom. The van der Waals surface area contributed by atoms with Gasteiger partial charge in [0.1, 0.15) is 0 Å². The molecule has 0 unspecified atom stereocenters. The van der Waals surface area contributed by atoms with Gasteiger partial charge >= 0.3 is 0 Å². The van der Waals surface area contributed by atoms with E-state index in [4.69, 9.17) is 11.5 Å². The Bertz CT molecular complexity index is 113. The molecule has 0 spiro atoms. The van der Waals surface area contributed by atoms with Gasteiger partial charge < -0.3 is 15.6 Å². The average Bonchev–Trinajstić information content (AvgIpc) is 1.63. The van der Waals surface area contributed by atoms with Crippen LogP contribution < -0.4 is 11.5 Å². The van der Waals surface area contributed by atoms with Gasteiger partial charge in [0.15, 0.2) is 0 Å². The molecular formula is C2H8N2O3Si2. The number of amides is 2. The van der Waals surface area contributed by atoms with E-state index >= 15 is 0 Å². The van der Waals surface area contributed by atoms with Crippen LogP contribution in [0.1, 0.15) is 0 Å². The van der Waals surface area contributed by atoms with Crippen molar-refractivity contribution in [3.63, 3.8) is 0 Å². The average molecular weight is 164 g/mol. The maximum Gasteiger partial charge on any atom is 0.250 e. The third-order valence-corrected chi connectivity index (χ3v) is 2.69. The molecule has 0 saturated carbocycles. The molecule has 0 atom stereocenters. The first kappa shape index (κ1) is 8.33. The highest BCUT2D eigenvalue weighted by Crippen LogP contribution is 1.66. The Morgan fingerprint density at radius 1 is 1.11 bits per heavy atom. The Balaban J connectivity index is 3.10. The first-order chi connectivity index (χ1) is 4.13. The maximum absolute atomic E-state index is 10.0. The number of hydrogen-bond donors (Lipinski definition) is 2. The molecule has 52 valence electrons. The van der Waals surface area contributed by atoms with Gasteiger partial charge in [0.25, 0.3) is 0 Å². The van der Waals surface area contributed by atoms with E-state index in [0.717, 1.165) is 0 Å². The first-order valence-electron chi connectivity index (χ1n) is 2.27. The van der Waals surface area contributed by atoms with Gasteiger partial charge in [0.05, 0.1) is 0 Å². The quantitative estimate of drug-likeness (QED) is 0.443. The fourth-order valence-electron chi connectivity index (χ4n) is 0.252. The summed E-state index contributed by atoms with van der Waals surface area (Å²) in [5.41, 5.74) is 8.61. The molecule has 0 aliphatic carbocycles. The predicted octanol–water partition coefficient (Wildman–Crippen LogP) is -2.67. The van der Waals surface area contributed by atoms with Crippen molar-refractivity contribution < 1.29 is 13.7 Å². The SMILES string of the molecule is NC(=O)[SiH2]O[SiH2]C(N)=O. The molecule has 0 rings (SSSR count). The lowest BCUT2D eigenvalue weighted by Gasteiger charge is -1.93. The van der Waals surface area contributed by atoms with Crippen LogP contribution in [0.2, 0.25) is 0 Å². The van der Waals surface area contributed by atoms with Crippen molar-refractivity contribution in [2.24, 2.45) is 11.5 Å². The maximum atomic E-state index is 10.0. The smallest absolute Gasteiger partial charge is 0.250 e. The highest BCUT2D eigenvalue weighted by atomic mass is 28.3. The van der Waals surface area contributed by atoms with E-state index in [9.17, 15) is 9.59 Å². The molecule has 0 saturated heterocycles. The summed E-state index contributed by atoms with van der Waals surface area (Å²) >= 11 is 0. The third-order valence-electron chi connectivity index (χ3n) is 0.489. The molecule has 0 fully saturated rings. The summed E-state index contributed by atoms with van der Waals surface area (Å²) in [6, 6.07) is 0. The third kappa shape index (κ3) is 7.33. The van der Waals surface area contributed by atoms with Crippen LogP contribution >= 0.6 is 0 Å². The molecule has 9 heavy (non-hydrogen) atoms. The number of primary amides is 2. The van der Waals surface area contributed by atoms with Gasteiger partial charge in [-0.05, 0) is 0 Å². The number of hydrogen-bond acceptors (Lipinski definition) is 3. The Labute approximate surface area is 56.6 Å². The molecule has 2 amide bonds. The lowest BCUT2D eigenvalue weighted by Crippen LogP contribution is -2.27. The highest BCUT2D eigenvalue weighted by molar-refractivity contribution is 6.79. The summed E-state index contributed by atoms with van der Waals surface area (Å²) < 4.78 is 4.69. The molecule has 0 aliphatic rings. The zero-order valence-corrected chi connectivity index (χ0v) is 7.62. The molecule has 0 aliphatic heterocycles. The van der Waals surface area contributed by atoms with Gasteiger partial charge in [-0.2, -0.15) is 0 Å². The normalized spacial score (nSPS) is 11.6. The molecule has 0 aromatic carbocycles. The Kier molecular flexibility index (Phi) is 3.92. The van der Waals surface area contributed by atoms with E-state index in [1.807, 2.05) is 0 Å². The van der Waals surface area contributed by atoms with Crippen molar-refractivity contribution in [3.05, 3.63) is 0 Å². The molecular weight excluding hydrogens is 156 g/mol. The number of carbonyl (C=O) groups is 2. The summed E-state index contributed by atoms with van der Waals surface area (Å²) in [6.45, 7) is 0. The Morgan fingerprint density at radius 2 is 1.44 bits per heavy atom.